The summed E-state index contributed by atoms with van der Waals surface area (Å²) in [6.45, 7) is 3.03. The molecule has 1 nitrogen and oxygen atoms in total. The van der Waals surface area contributed by atoms with Crippen LogP contribution in [0.2, 0.25) is 5.02 Å². The molecule has 0 aliphatic rings. The summed E-state index contributed by atoms with van der Waals surface area (Å²) >= 11 is 15.2. The molecule has 1 atom stereocenters. The number of benzene rings is 1. The van der Waals surface area contributed by atoms with Gasteiger partial charge in [-0.05, 0) is 57.7 Å². The fourth-order valence-corrected chi connectivity index (χ4v) is 4.17. The van der Waals surface area contributed by atoms with Crippen LogP contribution < -0.4 is 5.32 Å². The van der Waals surface area contributed by atoms with Crippen molar-refractivity contribution in [2.75, 3.05) is 6.54 Å². The largest absolute Gasteiger partial charge is 0.310 e. The van der Waals surface area contributed by atoms with Crippen LogP contribution in [-0.4, -0.2) is 6.54 Å². The second kappa shape index (κ2) is 7.23. The van der Waals surface area contributed by atoms with Crippen LogP contribution in [0, 0.1) is 0 Å². The molecular formula is C14H14Br2ClNS. The number of rotatable bonds is 5. The molecule has 1 aromatic carbocycles. The highest BCUT2D eigenvalue weighted by Crippen LogP contribution is 2.32. The molecule has 5 heteroatoms. The van der Waals surface area contributed by atoms with Crippen molar-refractivity contribution in [3.8, 4) is 0 Å². The van der Waals surface area contributed by atoms with Crippen LogP contribution in [0.25, 0.3) is 0 Å². The lowest BCUT2D eigenvalue weighted by atomic mass is 10.0. The molecule has 2 rings (SSSR count). The van der Waals surface area contributed by atoms with Crippen molar-refractivity contribution in [2.45, 2.75) is 19.4 Å². The molecule has 0 radical (unpaired) electrons. The highest BCUT2D eigenvalue weighted by molar-refractivity contribution is 9.10. The number of hydrogen-bond acceptors (Lipinski definition) is 2. The van der Waals surface area contributed by atoms with Crippen LogP contribution in [0.4, 0.5) is 0 Å². The average molecular weight is 424 g/mol. The molecule has 2 aromatic rings. The first kappa shape index (κ1) is 15.5. The van der Waals surface area contributed by atoms with Gasteiger partial charge < -0.3 is 5.32 Å². The summed E-state index contributed by atoms with van der Waals surface area (Å²) in [6, 6.07) is 8.32. The van der Waals surface area contributed by atoms with Crippen LogP contribution in [0.3, 0.4) is 0 Å². The zero-order valence-corrected chi connectivity index (χ0v) is 15.2. The Kier molecular flexibility index (Phi) is 5.90. The lowest BCUT2D eigenvalue weighted by Crippen LogP contribution is -2.23. The highest BCUT2D eigenvalue weighted by atomic mass is 79.9. The van der Waals surface area contributed by atoms with Gasteiger partial charge in [0, 0.05) is 31.3 Å². The van der Waals surface area contributed by atoms with Crippen molar-refractivity contribution in [1.29, 1.82) is 0 Å². The van der Waals surface area contributed by atoms with E-state index < -0.39 is 0 Å². The number of halogens is 3. The van der Waals surface area contributed by atoms with Gasteiger partial charge in [0.25, 0.3) is 0 Å². The maximum atomic E-state index is 6.34. The van der Waals surface area contributed by atoms with Gasteiger partial charge in [-0.15, -0.1) is 11.3 Å². The van der Waals surface area contributed by atoms with Gasteiger partial charge in [0.2, 0.25) is 0 Å². The fourth-order valence-electron chi connectivity index (χ4n) is 1.98. The average Bonchev–Trinajstić information content (AvgIpc) is 2.78. The highest BCUT2D eigenvalue weighted by Gasteiger charge is 2.17. The third-order valence-electron chi connectivity index (χ3n) is 2.86. The van der Waals surface area contributed by atoms with Crippen molar-refractivity contribution in [3.05, 3.63) is 54.1 Å². The predicted molar refractivity (Wildman–Crippen MR) is 91.3 cm³/mol. The first-order valence-corrected chi connectivity index (χ1v) is 8.86. The zero-order chi connectivity index (χ0) is 13.8. The SMILES string of the molecule is CCNC(Cc1sccc1Br)c1cc(Br)ccc1Cl. The van der Waals surface area contributed by atoms with Gasteiger partial charge in [-0.2, -0.15) is 0 Å². The first-order valence-electron chi connectivity index (χ1n) is 6.02. The molecule has 19 heavy (non-hydrogen) atoms. The summed E-state index contributed by atoms with van der Waals surface area (Å²) in [4.78, 5) is 1.34. The molecule has 1 unspecified atom stereocenters. The maximum Gasteiger partial charge on any atom is 0.0454 e. The Morgan fingerprint density at radius 2 is 2.11 bits per heavy atom. The minimum Gasteiger partial charge on any atom is -0.310 e. The van der Waals surface area contributed by atoms with Crippen LogP contribution in [0.1, 0.15) is 23.4 Å². The van der Waals surface area contributed by atoms with Gasteiger partial charge in [-0.25, -0.2) is 0 Å². The lowest BCUT2D eigenvalue weighted by molar-refractivity contribution is 0.552. The molecule has 1 heterocycles. The Morgan fingerprint density at radius 1 is 1.32 bits per heavy atom. The van der Waals surface area contributed by atoms with E-state index in [0.717, 1.165) is 28.0 Å². The summed E-state index contributed by atoms with van der Waals surface area (Å²) in [6.07, 6.45) is 0.933. The summed E-state index contributed by atoms with van der Waals surface area (Å²) in [7, 11) is 0. The van der Waals surface area contributed by atoms with Gasteiger partial charge in [0.05, 0.1) is 0 Å². The molecule has 0 aliphatic heterocycles. The Bertz CT molecular complexity index is 556. The first-order chi connectivity index (χ1) is 9.11. The molecule has 0 aliphatic carbocycles. The van der Waals surface area contributed by atoms with E-state index in [1.54, 1.807) is 11.3 Å². The zero-order valence-electron chi connectivity index (χ0n) is 10.4. The number of hydrogen-bond donors (Lipinski definition) is 1. The van der Waals surface area contributed by atoms with E-state index in [-0.39, 0.29) is 6.04 Å². The van der Waals surface area contributed by atoms with E-state index in [4.69, 9.17) is 11.6 Å². The number of likely N-dealkylation sites (N-methyl/N-ethyl adjacent to an activating group) is 1. The van der Waals surface area contributed by atoms with Gasteiger partial charge in [0.15, 0.2) is 0 Å². The van der Waals surface area contributed by atoms with Crippen molar-refractivity contribution in [1.82, 2.24) is 5.32 Å². The lowest BCUT2D eigenvalue weighted by Gasteiger charge is -2.19. The van der Waals surface area contributed by atoms with Crippen molar-refractivity contribution in [2.24, 2.45) is 0 Å². The van der Waals surface area contributed by atoms with E-state index in [1.807, 2.05) is 12.1 Å². The van der Waals surface area contributed by atoms with Crippen LogP contribution in [0.15, 0.2) is 38.6 Å². The van der Waals surface area contributed by atoms with Gasteiger partial charge in [0.1, 0.15) is 0 Å². The fraction of sp³-hybridized carbons (Fsp3) is 0.286. The van der Waals surface area contributed by atoms with Crippen molar-refractivity contribution in [3.63, 3.8) is 0 Å². The van der Waals surface area contributed by atoms with Gasteiger partial charge in [-0.3, -0.25) is 0 Å². The summed E-state index contributed by atoms with van der Waals surface area (Å²) in [5, 5.41) is 6.42. The van der Waals surface area contributed by atoms with Gasteiger partial charge in [-0.1, -0.05) is 34.5 Å². The molecular weight excluding hydrogens is 409 g/mol. The molecule has 0 saturated carbocycles. The normalized spacial score (nSPS) is 12.6. The van der Waals surface area contributed by atoms with E-state index in [1.165, 1.54) is 9.35 Å². The molecule has 1 aromatic heterocycles. The molecule has 0 amide bonds. The van der Waals surface area contributed by atoms with Crippen LogP contribution in [0.5, 0.6) is 0 Å². The molecule has 102 valence electrons. The van der Waals surface area contributed by atoms with E-state index in [0.29, 0.717) is 0 Å². The predicted octanol–water partition coefficient (Wildman–Crippen LogP) is 5.82. The number of thiophene rings is 1. The van der Waals surface area contributed by atoms with Crippen LogP contribution in [-0.2, 0) is 6.42 Å². The second-order valence-corrected chi connectivity index (χ2v) is 7.35. The van der Waals surface area contributed by atoms with Crippen LogP contribution >= 0.6 is 54.8 Å². The monoisotopic (exact) mass is 421 g/mol. The molecule has 0 bridgehead atoms. The summed E-state index contributed by atoms with van der Waals surface area (Å²) < 4.78 is 2.23. The minimum atomic E-state index is 0.227. The van der Waals surface area contributed by atoms with E-state index >= 15 is 0 Å². The summed E-state index contributed by atoms with van der Waals surface area (Å²) in [5.74, 6) is 0. The Morgan fingerprint density at radius 3 is 2.74 bits per heavy atom. The van der Waals surface area contributed by atoms with E-state index in [2.05, 4.69) is 61.6 Å². The molecule has 0 fully saturated rings. The van der Waals surface area contributed by atoms with Crippen molar-refractivity contribution < 1.29 is 0 Å². The smallest absolute Gasteiger partial charge is 0.0454 e. The minimum absolute atomic E-state index is 0.227. The Balaban J connectivity index is 2.29. The standard InChI is InChI=1S/C14H14Br2ClNS/c1-2-18-13(8-14-11(16)5-6-19-14)10-7-9(15)3-4-12(10)17/h3-7,13,18H,2,8H2,1H3. The maximum absolute atomic E-state index is 6.34. The van der Waals surface area contributed by atoms with Gasteiger partial charge >= 0.3 is 0 Å². The third-order valence-corrected chi connectivity index (χ3v) is 5.65. The summed E-state index contributed by atoms with van der Waals surface area (Å²) in [5.41, 5.74) is 1.14. The molecule has 0 spiro atoms. The van der Waals surface area contributed by atoms with E-state index in [9.17, 15) is 0 Å². The second-order valence-electron chi connectivity index (χ2n) is 4.17. The van der Waals surface area contributed by atoms with Crippen molar-refractivity contribution >= 4 is 54.8 Å². The molecule has 1 N–H and O–H groups in total. The Labute approximate surface area is 139 Å². The quantitative estimate of drug-likeness (QED) is 0.639. The Hall–Kier alpha value is 0.130. The molecule has 0 saturated heterocycles. The topological polar surface area (TPSA) is 12.0 Å². The number of nitrogens with one attached hydrogen (secondary N) is 1. The third kappa shape index (κ3) is 4.05.